The van der Waals surface area contributed by atoms with E-state index in [0.29, 0.717) is 0 Å². The lowest BCUT2D eigenvalue weighted by Gasteiger charge is -2.01. The fraction of sp³-hybridized carbons (Fsp3) is 0. The highest BCUT2D eigenvalue weighted by atomic mass is 35.5. The van der Waals surface area contributed by atoms with Crippen LogP contribution in [0.5, 0.6) is 5.88 Å². The van der Waals surface area contributed by atoms with E-state index in [1.165, 1.54) is 12.1 Å². The van der Waals surface area contributed by atoms with Crippen molar-refractivity contribution in [1.82, 2.24) is 9.97 Å². The third-order valence-electron chi connectivity index (χ3n) is 2.22. The molecule has 20 heavy (non-hydrogen) atoms. The van der Waals surface area contributed by atoms with Crippen LogP contribution >= 0.6 is 23.2 Å². The van der Waals surface area contributed by atoms with Crippen molar-refractivity contribution >= 4 is 40.3 Å². The van der Waals surface area contributed by atoms with Crippen LogP contribution in [0.1, 0.15) is 0 Å². The Bertz CT molecular complexity index is 812. The number of azo groups is 1. The van der Waals surface area contributed by atoms with E-state index in [1.807, 2.05) is 9.97 Å². The van der Waals surface area contributed by atoms with Gasteiger partial charge >= 0.3 is 5.69 Å². The summed E-state index contributed by atoms with van der Waals surface area (Å²) >= 11 is 11.7. The highest BCUT2D eigenvalue weighted by molar-refractivity contribution is 6.36. The molecule has 1 heterocycles. The molecule has 5 N–H and O–H groups in total. The van der Waals surface area contributed by atoms with Crippen molar-refractivity contribution in [2.45, 2.75) is 0 Å². The van der Waals surface area contributed by atoms with Gasteiger partial charge in [0.25, 0.3) is 5.56 Å². The SMILES string of the molecule is Nc1cc(Cl)c(N=Nc2c(O)[nH]c(=O)[nH]c2=O)cc1Cl. The zero-order valence-electron chi connectivity index (χ0n) is 9.65. The molecule has 10 heteroatoms. The molecule has 0 unspecified atom stereocenters. The topological polar surface area (TPSA) is 137 Å². The number of nitrogen functional groups attached to an aromatic ring is 1. The molecule has 0 fully saturated rings. The number of nitrogens with one attached hydrogen (secondary N) is 2. The van der Waals surface area contributed by atoms with Crippen molar-refractivity contribution in [3.8, 4) is 5.88 Å². The molecule has 0 saturated heterocycles. The van der Waals surface area contributed by atoms with Gasteiger partial charge in [0.05, 0.1) is 15.7 Å². The molecular formula is C10H7Cl2N5O3. The number of anilines is 1. The first-order valence-corrected chi connectivity index (χ1v) is 5.86. The maximum absolute atomic E-state index is 11.4. The maximum Gasteiger partial charge on any atom is 0.328 e. The molecule has 0 atom stereocenters. The lowest BCUT2D eigenvalue weighted by atomic mass is 10.3. The van der Waals surface area contributed by atoms with Gasteiger partial charge in [-0.1, -0.05) is 23.2 Å². The number of hydrogen-bond donors (Lipinski definition) is 4. The number of aromatic nitrogens is 2. The summed E-state index contributed by atoms with van der Waals surface area (Å²) in [5, 5.41) is 17.0. The molecule has 0 amide bonds. The van der Waals surface area contributed by atoms with Crippen LogP contribution in [0, 0.1) is 0 Å². The summed E-state index contributed by atoms with van der Waals surface area (Å²) in [6.45, 7) is 0. The number of H-pyrrole nitrogens is 2. The predicted molar refractivity (Wildman–Crippen MR) is 74.4 cm³/mol. The summed E-state index contributed by atoms with van der Waals surface area (Å²) in [7, 11) is 0. The van der Waals surface area contributed by atoms with Crippen LogP contribution in [-0.2, 0) is 0 Å². The molecule has 0 aliphatic heterocycles. The second-order valence-electron chi connectivity index (χ2n) is 3.63. The number of rotatable bonds is 2. The summed E-state index contributed by atoms with van der Waals surface area (Å²) in [6, 6.07) is 2.72. The van der Waals surface area contributed by atoms with Gasteiger partial charge in [-0.3, -0.25) is 14.8 Å². The molecule has 1 aromatic heterocycles. The number of hydrogen-bond acceptors (Lipinski definition) is 6. The summed E-state index contributed by atoms with van der Waals surface area (Å²) in [5.41, 5.74) is 3.73. The van der Waals surface area contributed by atoms with Gasteiger partial charge in [0.15, 0.2) is 0 Å². The van der Waals surface area contributed by atoms with Gasteiger partial charge in [-0.25, -0.2) is 4.79 Å². The molecule has 0 radical (unpaired) electrons. The molecule has 0 spiro atoms. The summed E-state index contributed by atoms with van der Waals surface area (Å²) in [4.78, 5) is 26.2. The Hall–Kier alpha value is -2.32. The van der Waals surface area contributed by atoms with Crippen LogP contribution < -0.4 is 17.0 Å². The van der Waals surface area contributed by atoms with Gasteiger partial charge in [0, 0.05) is 0 Å². The number of aromatic amines is 2. The minimum Gasteiger partial charge on any atom is -0.493 e. The first kappa shape index (κ1) is 14.1. The normalized spacial score (nSPS) is 11.1. The van der Waals surface area contributed by atoms with Crippen molar-refractivity contribution in [2.75, 3.05) is 5.73 Å². The number of aromatic hydroxyl groups is 1. The van der Waals surface area contributed by atoms with Crippen molar-refractivity contribution < 1.29 is 5.11 Å². The average molecular weight is 316 g/mol. The summed E-state index contributed by atoms with van der Waals surface area (Å²) in [5.74, 6) is -0.708. The van der Waals surface area contributed by atoms with E-state index in [2.05, 4.69) is 10.2 Å². The van der Waals surface area contributed by atoms with Crippen LogP contribution in [0.15, 0.2) is 32.0 Å². The largest absolute Gasteiger partial charge is 0.493 e. The van der Waals surface area contributed by atoms with Gasteiger partial charge in [0.2, 0.25) is 11.6 Å². The smallest absolute Gasteiger partial charge is 0.328 e. The second kappa shape index (κ2) is 5.35. The molecule has 104 valence electrons. The van der Waals surface area contributed by atoms with Crippen molar-refractivity contribution in [1.29, 1.82) is 0 Å². The molecule has 0 aliphatic carbocycles. The Morgan fingerprint density at radius 1 is 1.10 bits per heavy atom. The minimum absolute atomic E-state index is 0.149. The monoisotopic (exact) mass is 315 g/mol. The molecule has 2 aromatic rings. The molecular weight excluding hydrogens is 309 g/mol. The molecule has 2 rings (SSSR count). The van der Waals surface area contributed by atoms with Crippen molar-refractivity contribution in [2.24, 2.45) is 10.2 Å². The molecule has 0 bridgehead atoms. The van der Waals surface area contributed by atoms with E-state index in [1.54, 1.807) is 0 Å². The van der Waals surface area contributed by atoms with Crippen LogP contribution in [0.3, 0.4) is 0 Å². The van der Waals surface area contributed by atoms with E-state index >= 15 is 0 Å². The van der Waals surface area contributed by atoms with E-state index in [0.717, 1.165) is 0 Å². The molecule has 0 saturated carbocycles. The van der Waals surface area contributed by atoms with Crippen LogP contribution in [0.25, 0.3) is 0 Å². The highest BCUT2D eigenvalue weighted by Gasteiger charge is 2.09. The van der Waals surface area contributed by atoms with E-state index in [-0.39, 0.29) is 21.4 Å². The molecule has 8 nitrogen and oxygen atoms in total. The number of nitrogens with two attached hydrogens (primary N) is 1. The lowest BCUT2D eigenvalue weighted by Crippen LogP contribution is -2.20. The van der Waals surface area contributed by atoms with E-state index in [4.69, 9.17) is 28.9 Å². The predicted octanol–water partition coefficient (Wildman–Crippen LogP) is 2.07. The minimum atomic E-state index is -0.896. The zero-order chi connectivity index (χ0) is 14.9. The summed E-state index contributed by atoms with van der Waals surface area (Å²) in [6.07, 6.45) is 0. The Labute approximate surface area is 120 Å². The number of benzene rings is 1. The Morgan fingerprint density at radius 3 is 2.45 bits per heavy atom. The van der Waals surface area contributed by atoms with Crippen LogP contribution in [0.4, 0.5) is 17.1 Å². The quantitative estimate of drug-likeness (QED) is 0.498. The number of halogens is 2. The third-order valence-corrected chi connectivity index (χ3v) is 2.85. The third kappa shape index (κ3) is 2.81. The van der Waals surface area contributed by atoms with Gasteiger partial charge in [-0.2, -0.15) is 0 Å². The lowest BCUT2D eigenvalue weighted by molar-refractivity contribution is 0.450. The van der Waals surface area contributed by atoms with Gasteiger partial charge < -0.3 is 10.8 Å². The first-order chi connectivity index (χ1) is 9.38. The second-order valence-corrected chi connectivity index (χ2v) is 4.44. The Kier molecular flexibility index (Phi) is 3.77. The fourth-order valence-corrected chi connectivity index (χ4v) is 1.66. The average Bonchev–Trinajstić information content (AvgIpc) is 2.33. The van der Waals surface area contributed by atoms with E-state index < -0.39 is 22.8 Å². The fourth-order valence-electron chi connectivity index (χ4n) is 1.29. The van der Waals surface area contributed by atoms with Crippen molar-refractivity contribution in [3.63, 3.8) is 0 Å². The van der Waals surface area contributed by atoms with Crippen molar-refractivity contribution in [3.05, 3.63) is 43.0 Å². The maximum atomic E-state index is 11.4. The van der Waals surface area contributed by atoms with Gasteiger partial charge in [-0.05, 0) is 12.1 Å². The van der Waals surface area contributed by atoms with Gasteiger partial charge in [-0.15, -0.1) is 10.2 Å². The van der Waals surface area contributed by atoms with Gasteiger partial charge in [0.1, 0.15) is 5.69 Å². The van der Waals surface area contributed by atoms with Crippen LogP contribution in [-0.4, -0.2) is 15.1 Å². The Morgan fingerprint density at radius 2 is 1.80 bits per heavy atom. The highest BCUT2D eigenvalue weighted by Crippen LogP contribution is 2.33. The van der Waals surface area contributed by atoms with Crippen LogP contribution in [0.2, 0.25) is 10.0 Å². The standard InChI is InChI=1S/C10H7Cl2N5O3/c11-3-2-6(4(12)1-5(3)13)16-17-7-8(18)14-10(20)15-9(7)19/h1-2H,13H2,(H3,14,15,18,19,20). The zero-order valence-corrected chi connectivity index (χ0v) is 11.2. The first-order valence-electron chi connectivity index (χ1n) is 5.10. The summed E-state index contributed by atoms with van der Waals surface area (Å²) < 4.78 is 0. The Balaban J connectivity index is 2.48. The molecule has 0 aliphatic rings. The van der Waals surface area contributed by atoms with E-state index in [9.17, 15) is 14.7 Å². The number of nitrogens with zero attached hydrogens (tertiary/aromatic N) is 2. The molecule has 1 aromatic carbocycles.